The molecule has 2 aromatic carbocycles. The molecule has 28 heavy (non-hydrogen) atoms. The first-order valence-electron chi connectivity index (χ1n) is 8.66. The molecule has 0 spiro atoms. The molecule has 0 saturated carbocycles. The lowest BCUT2D eigenvalue weighted by molar-refractivity contribution is -0.121. The summed E-state index contributed by atoms with van der Waals surface area (Å²) in [6, 6.07) is 16.5. The SMILES string of the molecule is Cc1nc(CSc2ccccc2C(=O)OCC(=O)N(C)c2ccccc2)cs1. The Labute approximate surface area is 172 Å². The van der Waals surface area contributed by atoms with E-state index in [1.807, 2.05) is 54.8 Å². The lowest BCUT2D eigenvalue weighted by atomic mass is 10.2. The van der Waals surface area contributed by atoms with Crippen molar-refractivity contribution >= 4 is 40.7 Å². The number of thiazole rings is 1. The fourth-order valence-electron chi connectivity index (χ4n) is 2.48. The summed E-state index contributed by atoms with van der Waals surface area (Å²) in [5, 5.41) is 3.03. The number of esters is 1. The molecule has 0 radical (unpaired) electrons. The van der Waals surface area contributed by atoms with Gasteiger partial charge in [-0.05, 0) is 31.2 Å². The molecule has 3 rings (SSSR count). The smallest absolute Gasteiger partial charge is 0.339 e. The zero-order valence-corrected chi connectivity index (χ0v) is 17.3. The van der Waals surface area contributed by atoms with Crippen molar-refractivity contribution in [2.75, 3.05) is 18.6 Å². The summed E-state index contributed by atoms with van der Waals surface area (Å²) in [5.74, 6) is -0.125. The second-order valence-electron chi connectivity index (χ2n) is 6.01. The first kappa shape index (κ1) is 20.1. The maximum atomic E-state index is 12.5. The van der Waals surface area contributed by atoms with E-state index < -0.39 is 5.97 Å². The second kappa shape index (κ2) is 9.52. The van der Waals surface area contributed by atoms with Gasteiger partial charge >= 0.3 is 5.97 Å². The Balaban J connectivity index is 1.60. The molecule has 1 amide bonds. The zero-order chi connectivity index (χ0) is 19.9. The van der Waals surface area contributed by atoms with Crippen molar-refractivity contribution in [3.05, 3.63) is 76.2 Å². The molecule has 144 valence electrons. The first-order chi connectivity index (χ1) is 13.5. The Morgan fingerprint density at radius 2 is 1.82 bits per heavy atom. The van der Waals surface area contributed by atoms with Crippen LogP contribution in [0.5, 0.6) is 0 Å². The number of hydrogen-bond acceptors (Lipinski definition) is 6. The fraction of sp³-hybridized carbons (Fsp3) is 0.190. The Morgan fingerprint density at radius 1 is 1.11 bits per heavy atom. The molecule has 0 unspecified atom stereocenters. The summed E-state index contributed by atoms with van der Waals surface area (Å²) in [4.78, 5) is 31.6. The van der Waals surface area contributed by atoms with Gasteiger partial charge in [0, 0.05) is 28.8 Å². The number of aromatic nitrogens is 1. The van der Waals surface area contributed by atoms with E-state index in [2.05, 4.69) is 4.98 Å². The number of rotatable bonds is 7. The van der Waals surface area contributed by atoms with Crippen molar-refractivity contribution in [2.24, 2.45) is 0 Å². The number of aryl methyl sites for hydroxylation is 1. The summed E-state index contributed by atoms with van der Waals surface area (Å²) < 4.78 is 5.27. The minimum Gasteiger partial charge on any atom is -0.452 e. The Morgan fingerprint density at radius 3 is 2.54 bits per heavy atom. The van der Waals surface area contributed by atoms with Gasteiger partial charge in [-0.15, -0.1) is 23.1 Å². The molecule has 0 bridgehead atoms. The van der Waals surface area contributed by atoms with Crippen molar-refractivity contribution < 1.29 is 14.3 Å². The number of nitrogens with zero attached hydrogens (tertiary/aromatic N) is 2. The first-order valence-corrected chi connectivity index (χ1v) is 10.5. The van der Waals surface area contributed by atoms with Crippen molar-refractivity contribution in [1.29, 1.82) is 0 Å². The molecular formula is C21H20N2O3S2. The Kier molecular flexibility index (Phi) is 6.84. The van der Waals surface area contributed by atoms with Crippen LogP contribution in [-0.4, -0.2) is 30.5 Å². The molecule has 1 heterocycles. The quantitative estimate of drug-likeness (QED) is 0.420. The summed E-state index contributed by atoms with van der Waals surface area (Å²) in [5.41, 5.74) is 2.18. The monoisotopic (exact) mass is 412 g/mol. The molecule has 1 aromatic heterocycles. The number of ether oxygens (including phenoxy) is 1. The Bertz CT molecular complexity index is 957. The zero-order valence-electron chi connectivity index (χ0n) is 15.6. The van der Waals surface area contributed by atoms with E-state index >= 15 is 0 Å². The standard InChI is InChI=1S/C21H20N2O3S2/c1-15-22-16(13-27-15)14-28-19-11-7-6-10-18(19)21(25)26-12-20(24)23(2)17-8-4-3-5-9-17/h3-11,13H,12,14H2,1-2H3. The van der Waals surface area contributed by atoms with Crippen molar-refractivity contribution in [3.63, 3.8) is 0 Å². The van der Waals surface area contributed by atoms with Gasteiger partial charge in [-0.2, -0.15) is 0 Å². The van der Waals surface area contributed by atoms with E-state index in [-0.39, 0.29) is 12.5 Å². The van der Waals surface area contributed by atoms with Crippen LogP contribution in [0.4, 0.5) is 5.69 Å². The van der Waals surface area contributed by atoms with Crippen LogP contribution in [0, 0.1) is 6.92 Å². The fourth-order valence-corrected chi connectivity index (χ4v) is 4.14. The van der Waals surface area contributed by atoms with Crippen molar-refractivity contribution in [3.8, 4) is 0 Å². The number of hydrogen-bond donors (Lipinski definition) is 0. The number of carbonyl (C=O) groups excluding carboxylic acids is 2. The molecular weight excluding hydrogens is 392 g/mol. The third-order valence-corrected chi connectivity index (χ3v) is 5.92. The molecule has 7 heteroatoms. The predicted octanol–water partition coefficient (Wildman–Crippen LogP) is 4.56. The molecule has 3 aromatic rings. The van der Waals surface area contributed by atoms with Crippen LogP contribution in [0.3, 0.4) is 0 Å². The number of likely N-dealkylation sites (N-methyl/N-ethyl adjacent to an activating group) is 1. The minimum atomic E-state index is -0.507. The van der Waals surface area contributed by atoms with Crippen LogP contribution in [0.25, 0.3) is 0 Å². The number of amides is 1. The Hall–Kier alpha value is -2.64. The van der Waals surface area contributed by atoms with Gasteiger partial charge in [0.2, 0.25) is 0 Å². The highest BCUT2D eigenvalue weighted by atomic mass is 32.2. The van der Waals surface area contributed by atoms with Crippen LogP contribution in [0.1, 0.15) is 21.1 Å². The van der Waals surface area contributed by atoms with Gasteiger partial charge in [-0.3, -0.25) is 4.79 Å². The van der Waals surface area contributed by atoms with Gasteiger partial charge in [0.25, 0.3) is 5.91 Å². The van der Waals surface area contributed by atoms with E-state index in [0.717, 1.165) is 21.3 Å². The molecule has 0 atom stereocenters. The van der Waals surface area contributed by atoms with E-state index in [0.29, 0.717) is 11.3 Å². The van der Waals surface area contributed by atoms with Crippen molar-refractivity contribution in [2.45, 2.75) is 17.6 Å². The average molecular weight is 413 g/mol. The van der Waals surface area contributed by atoms with Crippen LogP contribution in [-0.2, 0) is 15.3 Å². The van der Waals surface area contributed by atoms with Gasteiger partial charge in [0.15, 0.2) is 6.61 Å². The summed E-state index contributed by atoms with van der Waals surface area (Å²) in [7, 11) is 1.66. The van der Waals surface area contributed by atoms with Gasteiger partial charge in [0.1, 0.15) is 0 Å². The van der Waals surface area contributed by atoms with Crippen LogP contribution in [0.15, 0.2) is 64.9 Å². The maximum Gasteiger partial charge on any atom is 0.339 e. The van der Waals surface area contributed by atoms with Gasteiger partial charge in [-0.25, -0.2) is 9.78 Å². The summed E-state index contributed by atoms with van der Waals surface area (Å²) >= 11 is 3.13. The number of thioether (sulfide) groups is 1. The largest absolute Gasteiger partial charge is 0.452 e. The number of anilines is 1. The normalized spacial score (nSPS) is 10.5. The van der Waals surface area contributed by atoms with E-state index in [4.69, 9.17) is 4.74 Å². The van der Waals surface area contributed by atoms with Gasteiger partial charge < -0.3 is 9.64 Å². The molecule has 5 nitrogen and oxygen atoms in total. The van der Waals surface area contributed by atoms with Crippen LogP contribution >= 0.6 is 23.1 Å². The minimum absolute atomic E-state index is 0.289. The predicted molar refractivity (Wildman–Crippen MR) is 113 cm³/mol. The summed E-state index contributed by atoms with van der Waals surface area (Å²) in [6.07, 6.45) is 0. The third-order valence-electron chi connectivity index (χ3n) is 3.99. The molecule has 0 fully saturated rings. The average Bonchev–Trinajstić information content (AvgIpc) is 3.15. The highest BCUT2D eigenvalue weighted by Gasteiger charge is 2.17. The number of benzene rings is 2. The van der Waals surface area contributed by atoms with E-state index in [1.54, 1.807) is 30.5 Å². The van der Waals surface area contributed by atoms with Gasteiger partial charge in [-0.1, -0.05) is 30.3 Å². The molecule has 0 N–H and O–H groups in total. The number of para-hydroxylation sites is 1. The lowest BCUT2D eigenvalue weighted by Gasteiger charge is -2.17. The molecule has 0 aliphatic carbocycles. The van der Waals surface area contributed by atoms with Crippen LogP contribution < -0.4 is 4.90 Å². The maximum absolute atomic E-state index is 12.5. The van der Waals surface area contributed by atoms with Crippen molar-refractivity contribution in [1.82, 2.24) is 4.98 Å². The van der Waals surface area contributed by atoms with Gasteiger partial charge in [0.05, 0.1) is 16.3 Å². The molecule has 0 aliphatic rings. The second-order valence-corrected chi connectivity index (χ2v) is 8.09. The number of carbonyl (C=O) groups is 2. The van der Waals surface area contributed by atoms with E-state index in [1.165, 1.54) is 16.7 Å². The molecule has 0 aliphatic heterocycles. The van der Waals surface area contributed by atoms with E-state index in [9.17, 15) is 9.59 Å². The summed E-state index contributed by atoms with van der Waals surface area (Å²) in [6.45, 7) is 1.65. The third kappa shape index (κ3) is 5.21. The highest BCUT2D eigenvalue weighted by Crippen LogP contribution is 2.27. The topological polar surface area (TPSA) is 59.5 Å². The lowest BCUT2D eigenvalue weighted by Crippen LogP contribution is -2.31. The molecule has 0 saturated heterocycles. The highest BCUT2D eigenvalue weighted by molar-refractivity contribution is 7.98. The van der Waals surface area contributed by atoms with Crippen LogP contribution in [0.2, 0.25) is 0 Å².